The number of carbonyl (C=O) groups is 2. The van der Waals surface area contributed by atoms with Gasteiger partial charge in [-0.1, -0.05) is 34.1 Å². The third-order valence-electron chi connectivity index (χ3n) is 2.45. The summed E-state index contributed by atoms with van der Waals surface area (Å²) < 4.78 is 5.76. The van der Waals surface area contributed by atoms with E-state index in [4.69, 9.17) is 9.84 Å². The van der Waals surface area contributed by atoms with Gasteiger partial charge < -0.3 is 15.2 Å². The molecule has 0 aliphatic rings. The second-order valence-electron chi connectivity index (χ2n) is 3.89. The van der Waals surface area contributed by atoms with Gasteiger partial charge in [-0.15, -0.1) is 0 Å². The number of amides is 1. The van der Waals surface area contributed by atoms with E-state index in [-0.39, 0.29) is 13.0 Å². The lowest BCUT2D eigenvalue weighted by Gasteiger charge is -2.15. The summed E-state index contributed by atoms with van der Waals surface area (Å²) in [5.41, 5.74) is 0.826. The van der Waals surface area contributed by atoms with E-state index < -0.39 is 17.9 Å². The van der Waals surface area contributed by atoms with Crippen molar-refractivity contribution in [2.75, 3.05) is 13.2 Å². The van der Waals surface area contributed by atoms with Gasteiger partial charge in [0.05, 0.1) is 0 Å². The number of benzene rings is 1. The molecule has 0 heterocycles. The number of carboxylic acids is 1. The normalized spacial score (nSPS) is 11.9. The van der Waals surface area contributed by atoms with Crippen LogP contribution >= 0.6 is 15.9 Å². The molecule has 0 aliphatic heterocycles. The summed E-state index contributed by atoms with van der Waals surface area (Å²) in [6, 6.07) is 6.34. The molecule has 19 heavy (non-hydrogen) atoms. The van der Waals surface area contributed by atoms with E-state index in [1.165, 1.54) is 0 Å². The Hall–Kier alpha value is -1.40. The van der Waals surface area contributed by atoms with Crippen molar-refractivity contribution in [1.29, 1.82) is 0 Å². The van der Waals surface area contributed by atoms with Crippen LogP contribution in [0.3, 0.4) is 0 Å². The van der Waals surface area contributed by atoms with Crippen molar-refractivity contribution in [2.45, 2.75) is 19.4 Å². The zero-order chi connectivity index (χ0) is 14.3. The predicted octanol–water partition coefficient (Wildman–Crippen LogP) is 1.60. The average molecular weight is 330 g/mol. The molecule has 1 amide bonds. The predicted molar refractivity (Wildman–Crippen MR) is 73.9 cm³/mol. The third-order valence-corrected chi connectivity index (χ3v) is 3.23. The molecule has 0 radical (unpaired) electrons. The second-order valence-corrected chi connectivity index (χ2v) is 4.75. The molecular weight excluding hydrogens is 314 g/mol. The lowest BCUT2D eigenvalue weighted by molar-refractivity contribution is -0.142. The molecule has 0 unspecified atom stereocenters. The minimum atomic E-state index is -1.07. The maximum atomic E-state index is 11.5. The van der Waals surface area contributed by atoms with Crippen LogP contribution in [0.25, 0.3) is 0 Å². The van der Waals surface area contributed by atoms with E-state index in [1.54, 1.807) is 6.92 Å². The highest BCUT2D eigenvalue weighted by molar-refractivity contribution is 9.10. The average Bonchev–Trinajstić information content (AvgIpc) is 2.38. The van der Waals surface area contributed by atoms with Crippen molar-refractivity contribution in [1.82, 2.24) is 5.32 Å². The number of ether oxygens (including phenoxy) is 1. The number of carbonyl (C=O) groups excluding carboxylic acids is 1. The number of nitrogens with one attached hydrogen (secondary N) is 1. The molecule has 0 saturated heterocycles. The highest BCUT2D eigenvalue weighted by Crippen LogP contribution is 2.17. The lowest BCUT2D eigenvalue weighted by atomic mass is 10.1. The summed E-state index contributed by atoms with van der Waals surface area (Å²) in [5, 5.41) is 11.6. The molecule has 1 atom stereocenters. The highest BCUT2D eigenvalue weighted by atomic mass is 79.9. The van der Waals surface area contributed by atoms with Gasteiger partial charge in [0.25, 0.3) is 0 Å². The molecule has 6 heteroatoms. The molecule has 0 fully saturated rings. The fourth-order valence-electron chi connectivity index (χ4n) is 1.51. The van der Waals surface area contributed by atoms with Gasteiger partial charge in [0.15, 0.2) is 0 Å². The van der Waals surface area contributed by atoms with E-state index in [0.717, 1.165) is 10.0 Å². The standard InChI is InChI=1S/C13H16BrNO4/c1-2-19-8-12(16)15-11(13(17)18)7-9-5-3-4-6-10(9)14/h3-6,11H,2,7-8H2,1H3,(H,15,16)(H,17,18)/t11-/m1/s1. The van der Waals surface area contributed by atoms with Crippen LogP contribution in [-0.4, -0.2) is 36.2 Å². The van der Waals surface area contributed by atoms with Crippen molar-refractivity contribution in [3.8, 4) is 0 Å². The third kappa shape index (κ3) is 5.40. The summed E-state index contributed by atoms with van der Waals surface area (Å²) in [6.07, 6.45) is 0.217. The summed E-state index contributed by atoms with van der Waals surface area (Å²) in [7, 11) is 0. The topological polar surface area (TPSA) is 75.6 Å². The maximum Gasteiger partial charge on any atom is 0.326 e. The first kappa shape index (κ1) is 15.7. The van der Waals surface area contributed by atoms with Gasteiger partial charge in [-0.3, -0.25) is 4.79 Å². The first-order chi connectivity index (χ1) is 9.04. The minimum Gasteiger partial charge on any atom is -0.480 e. The second kappa shape index (κ2) is 7.91. The first-order valence-electron chi connectivity index (χ1n) is 5.88. The van der Waals surface area contributed by atoms with Crippen molar-refractivity contribution < 1.29 is 19.4 Å². The molecule has 2 N–H and O–H groups in total. The Morgan fingerprint density at radius 2 is 2.11 bits per heavy atom. The highest BCUT2D eigenvalue weighted by Gasteiger charge is 2.21. The summed E-state index contributed by atoms with van der Waals surface area (Å²) in [6.45, 7) is 2.05. The van der Waals surface area contributed by atoms with Crippen LogP contribution in [0.5, 0.6) is 0 Å². The van der Waals surface area contributed by atoms with Gasteiger partial charge in [0, 0.05) is 17.5 Å². The zero-order valence-corrected chi connectivity index (χ0v) is 12.1. The minimum absolute atomic E-state index is 0.129. The van der Waals surface area contributed by atoms with Crippen LogP contribution in [0.2, 0.25) is 0 Å². The Balaban J connectivity index is 2.66. The number of hydrogen-bond acceptors (Lipinski definition) is 3. The fraction of sp³-hybridized carbons (Fsp3) is 0.385. The maximum absolute atomic E-state index is 11.5. The Bertz CT molecular complexity index is 450. The summed E-state index contributed by atoms with van der Waals surface area (Å²) in [5.74, 6) is -1.50. The van der Waals surface area contributed by atoms with Gasteiger partial charge in [-0.25, -0.2) is 4.79 Å². The van der Waals surface area contributed by atoms with Crippen molar-refractivity contribution >= 4 is 27.8 Å². The molecule has 0 spiro atoms. The quantitative estimate of drug-likeness (QED) is 0.796. The molecule has 0 bridgehead atoms. The van der Waals surface area contributed by atoms with Gasteiger partial charge >= 0.3 is 5.97 Å². The van der Waals surface area contributed by atoms with Crippen LogP contribution in [0.4, 0.5) is 0 Å². The van der Waals surface area contributed by atoms with Gasteiger partial charge in [-0.2, -0.15) is 0 Å². The van der Waals surface area contributed by atoms with E-state index in [9.17, 15) is 9.59 Å². The molecule has 104 valence electrons. The zero-order valence-electron chi connectivity index (χ0n) is 10.6. The van der Waals surface area contributed by atoms with Gasteiger partial charge in [-0.05, 0) is 18.6 Å². The van der Waals surface area contributed by atoms with Crippen LogP contribution in [0, 0.1) is 0 Å². The first-order valence-corrected chi connectivity index (χ1v) is 6.67. The molecule has 0 aliphatic carbocycles. The number of halogens is 1. The van der Waals surface area contributed by atoms with Crippen molar-refractivity contribution in [3.05, 3.63) is 34.3 Å². The Kier molecular flexibility index (Phi) is 6.52. The van der Waals surface area contributed by atoms with Crippen molar-refractivity contribution in [2.24, 2.45) is 0 Å². The van der Waals surface area contributed by atoms with E-state index in [2.05, 4.69) is 21.2 Å². The fourth-order valence-corrected chi connectivity index (χ4v) is 1.96. The Labute approximate surface area is 120 Å². The number of rotatable bonds is 7. The molecular formula is C13H16BrNO4. The van der Waals surface area contributed by atoms with Crippen LogP contribution in [0.1, 0.15) is 12.5 Å². The Morgan fingerprint density at radius 3 is 2.68 bits per heavy atom. The monoisotopic (exact) mass is 329 g/mol. The van der Waals surface area contributed by atoms with Crippen LogP contribution in [0.15, 0.2) is 28.7 Å². The smallest absolute Gasteiger partial charge is 0.326 e. The number of hydrogen-bond donors (Lipinski definition) is 2. The molecule has 0 saturated carbocycles. The largest absolute Gasteiger partial charge is 0.480 e. The Morgan fingerprint density at radius 1 is 1.42 bits per heavy atom. The number of carboxylic acid groups (broad SMARTS) is 1. The SMILES string of the molecule is CCOCC(=O)N[C@H](Cc1ccccc1Br)C(=O)O. The molecule has 1 aromatic carbocycles. The van der Waals surface area contributed by atoms with Crippen molar-refractivity contribution in [3.63, 3.8) is 0 Å². The molecule has 1 rings (SSSR count). The molecule has 5 nitrogen and oxygen atoms in total. The van der Waals surface area contributed by atoms with E-state index >= 15 is 0 Å². The van der Waals surface area contributed by atoms with Gasteiger partial charge in [0.2, 0.25) is 5.91 Å². The molecule has 1 aromatic rings. The summed E-state index contributed by atoms with van der Waals surface area (Å²) in [4.78, 5) is 22.6. The van der Waals surface area contributed by atoms with Gasteiger partial charge in [0.1, 0.15) is 12.6 Å². The van der Waals surface area contributed by atoms with Crippen LogP contribution in [-0.2, 0) is 20.7 Å². The number of aliphatic carboxylic acids is 1. The van der Waals surface area contributed by atoms with E-state index in [1.807, 2.05) is 24.3 Å². The molecule has 0 aromatic heterocycles. The summed E-state index contributed by atoms with van der Waals surface area (Å²) >= 11 is 3.35. The van der Waals surface area contributed by atoms with E-state index in [0.29, 0.717) is 6.61 Å². The lowest BCUT2D eigenvalue weighted by Crippen LogP contribution is -2.43. The van der Waals surface area contributed by atoms with Crippen LogP contribution < -0.4 is 5.32 Å².